The maximum Gasteiger partial charge on any atom is 0.0989 e. The molecule has 0 N–H and O–H groups in total. The van der Waals surface area contributed by atoms with Crippen LogP contribution in [0.2, 0.25) is 0 Å². The van der Waals surface area contributed by atoms with Gasteiger partial charge in [-0.2, -0.15) is 0 Å². The Bertz CT molecular complexity index is 3480. The molecule has 0 unspecified atom stereocenters. The van der Waals surface area contributed by atoms with E-state index in [1.165, 1.54) is 95.1 Å². The number of aryl methyl sites for hydroxylation is 5. The molecule has 0 amide bonds. The van der Waals surface area contributed by atoms with Crippen molar-refractivity contribution in [3.63, 3.8) is 0 Å². The molecular weight excluding hydrogens is 911 g/mol. The summed E-state index contributed by atoms with van der Waals surface area (Å²) in [5.74, 6) is 0. The van der Waals surface area contributed by atoms with Crippen molar-refractivity contribution < 1.29 is 0 Å². The predicted molar refractivity (Wildman–Crippen MR) is 315 cm³/mol. The molecule has 0 fully saturated rings. The Morgan fingerprint density at radius 2 is 0.747 bits per heavy atom. The molecule has 0 aliphatic carbocycles. The van der Waals surface area contributed by atoms with Gasteiger partial charge in [-0.05, 0) is 166 Å². The molecule has 0 atom stereocenters. The maximum atomic E-state index is 4.85. The van der Waals surface area contributed by atoms with Crippen molar-refractivity contribution in [1.82, 2.24) is 4.98 Å². The number of aromatic nitrogens is 1. The van der Waals surface area contributed by atoms with E-state index in [-0.39, 0.29) is 0 Å². The number of nitrogens with zero attached hydrogens (tertiary/aromatic N) is 5. The maximum absolute atomic E-state index is 4.85. The van der Waals surface area contributed by atoms with Crippen LogP contribution in [0.1, 0.15) is 27.8 Å². The third-order valence-corrected chi connectivity index (χ3v) is 14.8. The van der Waals surface area contributed by atoms with Crippen LogP contribution in [0.5, 0.6) is 0 Å². The second-order valence-electron chi connectivity index (χ2n) is 19.7. The van der Waals surface area contributed by atoms with E-state index in [2.05, 4.69) is 288 Å². The Morgan fingerprint density at radius 1 is 0.307 bits per heavy atom. The van der Waals surface area contributed by atoms with E-state index in [0.29, 0.717) is 0 Å². The standard InChI is InChI=1S/C70H59N5/c1-52-45-60(57-13-5-2-6-14-57)33-38-67(52)61-39-40-71-70(49-61)59-31-29-58(30-32-59)68-19-11-12-20-69(68)62-47-55(23-21-53-25-34-65(35-26-53)74-43-41-72(50-74)63-15-7-3-8-16-63)46-56(48-62)24-22-54-27-36-66(37-28-54)75-44-42-73(51-75)64-17-9-4-10-18-64/h2-20,25-49H,21-24,50-51H2,1H3. The minimum absolute atomic E-state index is 0.800. The highest BCUT2D eigenvalue weighted by Gasteiger charge is 2.18. The lowest BCUT2D eigenvalue weighted by Gasteiger charge is -2.21. The SMILES string of the molecule is Cc1cc(-c2ccccc2)ccc1-c1ccnc(-c2ccc(-c3ccccc3-c3cc(CCc4ccc(N5C=CN(c6ccccc6)C5)cc4)cc(CCc4ccc(N5C=CN(c6ccccc6)C5)cc4)c3)cc2)c1. The van der Waals surface area contributed by atoms with Crippen molar-refractivity contribution in [2.24, 2.45) is 0 Å². The van der Waals surface area contributed by atoms with Gasteiger partial charge >= 0.3 is 0 Å². The van der Waals surface area contributed by atoms with Crippen molar-refractivity contribution in [3.8, 4) is 55.8 Å². The van der Waals surface area contributed by atoms with Crippen molar-refractivity contribution >= 4 is 22.7 Å². The lowest BCUT2D eigenvalue weighted by Crippen LogP contribution is -2.24. The first-order chi connectivity index (χ1) is 37.0. The molecule has 3 heterocycles. The van der Waals surface area contributed by atoms with Gasteiger partial charge in [-0.1, -0.05) is 176 Å². The number of benzene rings is 9. The average Bonchev–Trinajstić information content (AvgIpc) is 4.20. The van der Waals surface area contributed by atoms with Crippen LogP contribution in [-0.2, 0) is 25.7 Å². The lowest BCUT2D eigenvalue weighted by molar-refractivity contribution is 0.928. The zero-order valence-corrected chi connectivity index (χ0v) is 42.4. The van der Waals surface area contributed by atoms with Gasteiger partial charge in [0.05, 0.1) is 19.0 Å². The zero-order valence-electron chi connectivity index (χ0n) is 42.4. The molecule has 2 aliphatic heterocycles. The Kier molecular flexibility index (Phi) is 13.4. The first kappa shape index (κ1) is 46.9. The van der Waals surface area contributed by atoms with Crippen LogP contribution in [0.25, 0.3) is 55.8 Å². The minimum Gasteiger partial charge on any atom is -0.328 e. The first-order valence-electron chi connectivity index (χ1n) is 26.2. The Balaban J connectivity index is 0.782. The molecule has 9 aromatic carbocycles. The molecule has 0 radical (unpaired) electrons. The average molecular weight is 970 g/mol. The fourth-order valence-corrected chi connectivity index (χ4v) is 10.6. The Hall–Kier alpha value is -9.19. The van der Waals surface area contributed by atoms with Gasteiger partial charge < -0.3 is 19.6 Å². The highest BCUT2D eigenvalue weighted by molar-refractivity contribution is 5.85. The highest BCUT2D eigenvalue weighted by atomic mass is 15.3. The molecule has 12 rings (SSSR count). The van der Waals surface area contributed by atoms with Crippen LogP contribution >= 0.6 is 0 Å². The van der Waals surface area contributed by atoms with Gasteiger partial charge in [0, 0.05) is 59.3 Å². The summed E-state index contributed by atoms with van der Waals surface area (Å²) in [4.78, 5) is 14.0. The van der Waals surface area contributed by atoms with Gasteiger partial charge in [-0.25, -0.2) is 0 Å². The molecule has 0 saturated carbocycles. The molecule has 0 spiro atoms. The number of pyridine rings is 1. The number of para-hydroxylation sites is 2. The van der Waals surface area contributed by atoms with Crippen molar-refractivity contribution in [2.75, 3.05) is 32.9 Å². The van der Waals surface area contributed by atoms with Crippen molar-refractivity contribution in [3.05, 3.63) is 295 Å². The largest absolute Gasteiger partial charge is 0.328 e. The summed E-state index contributed by atoms with van der Waals surface area (Å²) < 4.78 is 0. The van der Waals surface area contributed by atoms with Crippen LogP contribution in [0.4, 0.5) is 22.7 Å². The van der Waals surface area contributed by atoms with Gasteiger partial charge in [-0.15, -0.1) is 0 Å². The van der Waals surface area contributed by atoms with E-state index in [0.717, 1.165) is 50.3 Å². The predicted octanol–water partition coefficient (Wildman–Crippen LogP) is 16.8. The van der Waals surface area contributed by atoms with Crippen LogP contribution in [-0.4, -0.2) is 18.3 Å². The molecule has 5 nitrogen and oxygen atoms in total. The summed E-state index contributed by atoms with van der Waals surface area (Å²) in [6, 6.07) is 86.2. The first-order valence-corrected chi connectivity index (χ1v) is 26.2. The minimum atomic E-state index is 0.800. The van der Waals surface area contributed by atoms with E-state index < -0.39 is 0 Å². The molecule has 75 heavy (non-hydrogen) atoms. The van der Waals surface area contributed by atoms with Crippen LogP contribution < -0.4 is 19.6 Å². The third kappa shape index (κ3) is 10.7. The van der Waals surface area contributed by atoms with Gasteiger partial charge in [0.15, 0.2) is 0 Å². The summed E-state index contributed by atoms with van der Waals surface area (Å²) in [5, 5.41) is 0. The quantitative estimate of drug-likeness (QED) is 0.102. The molecule has 0 saturated heterocycles. The van der Waals surface area contributed by atoms with Crippen molar-refractivity contribution in [1.29, 1.82) is 0 Å². The molecular formula is C70H59N5. The van der Waals surface area contributed by atoms with Crippen LogP contribution in [0, 0.1) is 6.92 Å². The molecule has 0 bridgehead atoms. The molecule has 364 valence electrons. The fraction of sp³-hybridized carbons (Fsp3) is 0.100. The molecule has 10 aromatic rings. The van der Waals surface area contributed by atoms with Gasteiger partial charge in [0.2, 0.25) is 0 Å². The third-order valence-electron chi connectivity index (χ3n) is 14.8. The van der Waals surface area contributed by atoms with Gasteiger partial charge in [0.1, 0.15) is 0 Å². The summed E-state index contributed by atoms with van der Waals surface area (Å²) in [7, 11) is 0. The zero-order chi connectivity index (χ0) is 50.3. The van der Waals surface area contributed by atoms with Crippen LogP contribution in [0.3, 0.4) is 0 Å². The van der Waals surface area contributed by atoms with E-state index in [1.54, 1.807) is 0 Å². The number of hydrogen-bond donors (Lipinski definition) is 0. The molecule has 2 aliphatic rings. The number of hydrogen-bond acceptors (Lipinski definition) is 5. The summed E-state index contributed by atoms with van der Waals surface area (Å²) in [5.41, 5.74) is 23.2. The Labute approximate surface area is 442 Å². The number of anilines is 4. The summed E-state index contributed by atoms with van der Waals surface area (Å²) >= 11 is 0. The topological polar surface area (TPSA) is 25.9 Å². The molecule has 5 heteroatoms. The summed E-state index contributed by atoms with van der Waals surface area (Å²) in [6.07, 6.45) is 14.4. The second kappa shape index (κ2) is 21.5. The summed E-state index contributed by atoms with van der Waals surface area (Å²) in [6.45, 7) is 3.80. The normalized spacial score (nSPS) is 13.0. The van der Waals surface area contributed by atoms with Gasteiger partial charge in [-0.3, -0.25) is 4.98 Å². The monoisotopic (exact) mass is 969 g/mol. The van der Waals surface area contributed by atoms with Crippen molar-refractivity contribution in [2.45, 2.75) is 32.6 Å². The van der Waals surface area contributed by atoms with E-state index in [4.69, 9.17) is 4.98 Å². The van der Waals surface area contributed by atoms with E-state index in [1.807, 2.05) is 6.20 Å². The highest BCUT2D eigenvalue weighted by Crippen LogP contribution is 2.37. The van der Waals surface area contributed by atoms with Gasteiger partial charge in [0.25, 0.3) is 0 Å². The lowest BCUT2D eigenvalue weighted by atomic mass is 9.90. The smallest absolute Gasteiger partial charge is 0.0989 e. The second-order valence-corrected chi connectivity index (χ2v) is 19.7. The fourth-order valence-electron chi connectivity index (χ4n) is 10.6. The van der Waals surface area contributed by atoms with E-state index in [9.17, 15) is 0 Å². The number of rotatable bonds is 15. The van der Waals surface area contributed by atoms with E-state index >= 15 is 0 Å². The Morgan fingerprint density at radius 3 is 1.27 bits per heavy atom. The molecule has 1 aromatic heterocycles. The van der Waals surface area contributed by atoms with Crippen LogP contribution in [0.15, 0.2) is 268 Å².